The van der Waals surface area contributed by atoms with Gasteiger partial charge in [-0.05, 0) is 31.4 Å². The number of rotatable bonds is 3. The number of pyridine rings is 1. The Hall–Kier alpha value is -1.67. The summed E-state index contributed by atoms with van der Waals surface area (Å²) in [4.78, 5) is 15.4. The fourth-order valence-electron chi connectivity index (χ4n) is 2.64. The lowest BCUT2D eigenvalue weighted by atomic mass is 9.90. The quantitative estimate of drug-likeness (QED) is 0.863. The highest BCUT2D eigenvalue weighted by Crippen LogP contribution is 2.38. The fourth-order valence-corrected chi connectivity index (χ4v) is 4.59. The molecule has 0 radical (unpaired) electrons. The van der Waals surface area contributed by atoms with Crippen molar-refractivity contribution < 1.29 is 18.3 Å². The first kappa shape index (κ1) is 13.3. The molecule has 108 valence electrons. The van der Waals surface area contributed by atoms with Gasteiger partial charge in [0.05, 0.1) is 0 Å². The van der Waals surface area contributed by atoms with Crippen LogP contribution in [0.15, 0.2) is 18.3 Å². The highest BCUT2D eigenvalue weighted by Gasteiger charge is 2.55. The summed E-state index contributed by atoms with van der Waals surface area (Å²) in [6.45, 7) is 1.97. The molecule has 20 heavy (non-hydrogen) atoms. The molecule has 2 aliphatic heterocycles. The largest absolute Gasteiger partial charge is 0.480 e. The fraction of sp³-hybridized carbons (Fsp3) is 0.500. The van der Waals surface area contributed by atoms with Crippen molar-refractivity contribution in [3.05, 3.63) is 23.9 Å². The van der Waals surface area contributed by atoms with E-state index in [1.54, 1.807) is 12.3 Å². The van der Waals surface area contributed by atoms with E-state index >= 15 is 0 Å². The van der Waals surface area contributed by atoms with Gasteiger partial charge in [-0.2, -0.15) is 12.7 Å². The average molecular weight is 297 g/mol. The number of nitrogens with zero attached hydrogens (tertiary/aromatic N) is 3. The third-order valence-corrected chi connectivity index (χ3v) is 6.11. The van der Waals surface area contributed by atoms with Crippen molar-refractivity contribution in [3.63, 3.8) is 0 Å². The Balaban J connectivity index is 1.97. The molecule has 1 atom stereocenters. The van der Waals surface area contributed by atoms with Crippen molar-refractivity contribution in [2.75, 3.05) is 17.4 Å². The number of hydrogen-bond donors (Lipinski definition) is 1. The topological polar surface area (TPSA) is 90.8 Å². The minimum absolute atomic E-state index is 0.226. The maximum Gasteiger partial charge on any atom is 0.324 e. The molecule has 0 bridgehead atoms. The molecular weight excluding hydrogens is 282 g/mol. The second kappa shape index (κ2) is 4.16. The van der Waals surface area contributed by atoms with Crippen LogP contribution in [0.3, 0.4) is 0 Å². The SMILES string of the molecule is CC1(C(=O)O)CCN1S(=O)(=O)N1CCc2cccnc21. The number of hydrogen-bond acceptors (Lipinski definition) is 4. The molecule has 8 heteroatoms. The summed E-state index contributed by atoms with van der Waals surface area (Å²) in [5.74, 6) is -0.708. The van der Waals surface area contributed by atoms with Gasteiger partial charge in [-0.1, -0.05) is 6.07 Å². The first-order chi connectivity index (χ1) is 9.37. The Morgan fingerprint density at radius 1 is 1.45 bits per heavy atom. The van der Waals surface area contributed by atoms with Gasteiger partial charge in [-0.15, -0.1) is 0 Å². The van der Waals surface area contributed by atoms with Gasteiger partial charge in [0.2, 0.25) is 0 Å². The van der Waals surface area contributed by atoms with Gasteiger partial charge in [-0.25, -0.2) is 9.29 Å². The minimum atomic E-state index is -3.84. The molecule has 1 fully saturated rings. The van der Waals surface area contributed by atoms with Crippen LogP contribution >= 0.6 is 0 Å². The molecule has 3 heterocycles. The highest BCUT2D eigenvalue weighted by atomic mass is 32.2. The monoisotopic (exact) mass is 297 g/mol. The van der Waals surface area contributed by atoms with E-state index < -0.39 is 21.7 Å². The lowest BCUT2D eigenvalue weighted by Gasteiger charge is -2.46. The highest BCUT2D eigenvalue weighted by molar-refractivity contribution is 7.90. The molecular formula is C12H15N3O4S. The number of anilines is 1. The van der Waals surface area contributed by atoms with Gasteiger partial charge in [0, 0.05) is 19.3 Å². The first-order valence-corrected chi connectivity index (χ1v) is 7.75. The Bertz CT molecular complexity index is 675. The zero-order chi connectivity index (χ0) is 14.5. The van der Waals surface area contributed by atoms with Gasteiger partial charge < -0.3 is 5.11 Å². The van der Waals surface area contributed by atoms with Crippen LogP contribution in [-0.2, 0) is 21.4 Å². The summed E-state index contributed by atoms with van der Waals surface area (Å²) in [6, 6.07) is 3.60. The smallest absolute Gasteiger partial charge is 0.324 e. The van der Waals surface area contributed by atoms with Crippen molar-refractivity contribution >= 4 is 22.0 Å². The van der Waals surface area contributed by atoms with Crippen molar-refractivity contribution in [2.24, 2.45) is 0 Å². The second-order valence-electron chi connectivity index (χ2n) is 5.22. The molecule has 7 nitrogen and oxygen atoms in total. The van der Waals surface area contributed by atoms with E-state index in [1.165, 1.54) is 11.2 Å². The number of aromatic nitrogens is 1. The van der Waals surface area contributed by atoms with E-state index in [4.69, 9.17) is 0 Å². The standard InChI is InChI=1S/C12H15N3O4S/c1-12(11(16)17)5-8-15(12)20(18,19)14-7-4-9-3-2-6-13-10(9)14/h2-3,6H,4-5,7-8H2,1H3,(H,16,17). The van der Waals surface area contributed by atoms with E-state index in [1.807, 2.05) is 6.07 Å². The van der Waals surface area contributed by atoms with Gasteiger partial charge in [0.1, 0.15) is 11.4 Å². The van der Waals surface area contributed by atoms with E-state index in [0.29, 0.717) is 25.2 Å². The molecule has 0 amide bonds. The van der Waals surface area contributed by atoms with Crippen LogP contribution in [0.1, 0.15) is 18.9 Å². The summed E-state index contributed by atoms with van der Waals surface area (Å²) in [5, 5.41) is 9.22. The van der Waals surface area contributed by atoms with E-state index in [9.17, 15) is 18.3 Å². The lowest BCUT2D eigenvalue weighted by Crippen LogP contribution is -2.67. The maximum atomic E-state index is 12.6. The molecule has 0 spiro atoms. The Labute approximate surface area is 117 Å². The summed E-state index contributed by atoms with van der Waals surface area (Å²) < 4.78 is 27.6. The van der Waals surface area contributed by atoms with Gasteiger partial charge in [0.25, 0.3) is 0 Å². The van der Waals surface area contributed by atoms with Crippen LogP contribution in [-0.4, -0.2) is 47.4 Å². The summed E-state index contributed by atoms with van der Waals surface area (Å²) in [6.07, 6.45) is 2.46. The molecule has 1 unspecified atom stereocenters. The van der Waals surface area contributed by atoms with E-state index in [-0.39, 0.29) is 6.54 Å². The zero-order valence-corrected chi connectivity index (χ0v) is 11.8. The third kappa shape index (κ3) is 1.64. The molecule has 2 aliphatic rings. The second-order valence-corrected chi connectivity index (χ2v) is 6.99. The third-order valence-electron chi connectivity index (χ3n) is 4.06. The van der Waals surface area contributed by atoms with Crippen LogP contribution < -0.4 is 4.31 Å². The van der Waals surface area contributed by atoms with Crippen LogP contribution in [0.25, 0.3) is 0 Å². The molecule has 0 aliphatic carbocycles. The molecule has 1 aromatic rings. The lowest BCUT2D eigenvalue weighted by molar-refractivity contribution is -0.153. The van der Waals surface area contributed by atoms with Crippen molar-refractivity contribution in [2.45, 2.75) is 25.3 Å². The van der Waals surface area contributed by atoms with Gasteiger partial charge in [0.15, 0.2) is 0 Å². The van der Waals surface area contributed by atoms with Crippen LogP contribution in [0, 0.1) is 0 Å². The van der Waals surface area contributed by atoms with Crippen molar-refractivity contribution in [1.29, 1.82) is 0 Å². The summed E-state index contributed by atoms with van der Waals surface area (Å²) in [5.41, 5.74) is -0.482. The number of carboxylic acids is 1. The Morgan fingerprint density at radius 2 is 2.20 bits per heavy atom. The first-order valence-electron chi connectivity index (χ1n) is 6.35. The summed E-state index contributed by atoms with van der Waals surface area (Å²) in [7, 11) is -3.84. The van der Waals surface area contributed by atoms with E-state index in [2.05, 4.69) is 4.98 Å². The number of aliphatic carboxylic acids is 1. The average Bonchev–Trinajstić information content (AvgIpc) is 2.80. The summed E-state index contributed by atoms with van der Waals surface area (Å²) >= 11 is 0. The maximum absolute atomic E-state index is 12.6. The van der Waals surface area contributed by atoms with Crippen LogP contribution in [0.5, 0.6) is 0 Å². The molecule has 0 aromatic carbocycles. The molecule has 1 saturated heterocycles. The molecule has 1 N–H and O–H groups in total. The Morgan fingerprint density at radius 3 is 2.80 bits per heavy atom. The predicted molar refractivity (Wildman–Crippen MR) is 71.6 cm³/mol. The predicted octanol–water partition coefficient (Wildman–Crippen LogP) is 0.238. The number of carboxylic acid groups (broad SMARTS) is 1. The normalized spacial score (nSPS) is 26.1. The van der Waals surface area contributed by atoms with Crippen molar-refractivity contribution in [1.82, 2.24) is 9.29 Å². The number of carbonyl (C=O) groups is 1. The minimum Gasteiger partial charge on any atom is -0.480 e. The molecule has 0 saturated carbocycles. The Kier molecular flexibility index (Phi) is 2.77. The van der Waals surface area contributed by atoms with Crippen LogP contribution in [0.4, 0.5) is 5.82 Å². The molecule has 3 rings (SSSR count). The van der Waals surface area contributed by atoms with E-state index in [0.717, 1.165) is 9.87 Å². The number of fused-ring (bicyclic) bond motifs is 1. The van der Waals surface area contributed by atoms with Crippen molar-refractivity contribution in [3.8, 4) is 0 Å². The molecule has 1 aromatic heterocycles. The van der Waals surface area contributed by atoms with Crippen LogP contribution in [0.2, 0.25) is 0 Å². The zero-order valence-electron chi connectivity index (χ0n) is 11.0. The van der Waals surface area contributed by atoms with Gasteiger partial charge in [-0.3, -0.25) is 4.79 Å². The van der Waals surface area contributed by atoms with Gasteiger partial charge >= 0.3 is 16.2 Å².